The lowest BCUT2D eigenvalue weighted by molar-refractivity contribution is 0.152. The summed E-state index contributed by atoms with van der Waals surface area (Å²) in [4.78, 5) is 0. The fourth-order valence-electron chi connectivity index (χ4n) is 1.05. The van der Waals surface area contributed by atoms with Gasteiger partial charge >= 0.3 is 0 Å². The first-order chi connectivity index (χ1) is 4.38. The van der Waals surface area contributed by atoms with E-state index in [1.807, 2.05) is 0 Å². The molecule has 0 amide bonds. The summed E-state index contributed by atoms with van der Waals surface area (Å²) in [6.07, 6.45) is 0. The van der Waals surface area contributed by atoms with Gasteiger partial charge < -0.3 is 14.9 Å². The minimum absolute atomic E-state index is 0.130. The van der Waals surface area contributed by atoms with E-state index in [2.05, 4.69) is 0 Å². The van der Waals surface area contributed by atoms with Crippen LogP contribution < -0.4 is 0 Å². The quantitative estimate of drug-likeness (QED) is 0.519. The Morgan fingerprint density at radius 3 is 1.89 bits per heavy atom. The van der Waals surface area contributed by atoms with E-state index < -0.39 is 0 Å². The third-order valence-corrected chi connectivity index (χ3v) is 1.80. The van der Waals surface area contributed by atoms with Crippen LogP contribution in [-0.2, 0) is 4.74 Å². The highest BCUT2D eigenvalue weighted by Crippen LogP contribution is 2.18. The average molecular weight is 132 g/mol. The van der Waals surface area contributed by atoms with Gasteiger partial charge in [0, 0.05) is 25.0 Å². The van der Waals surface area contributed by atoms with Crippen molar-refractivity contribution in [3.05, 3.63) is 0 Å². The topological polar surface area (TPSA) is 49.7 Å². The lowest BCUT2D eigenvalue weighted by Crippen LogP contribution is -2.19. The van der Waals surface area contributed by atoms with Gasteiger partial charge in [0.05, 0.1) is 13.2 Å². The van der Waals surface area contributed by atoms with Gasteiger partial charge in [0.2, 0.25) is 0 Å². The molecule has 2 unspecified atom stereocenters. The fourth-order valence-corrected chi connectivity index (χ4v) is 1.05. The molecule has 0 radical (unpaired) electrons. The van der Waals surface area contributed by atoms with Crippen LogP contribution in [0.4, 0.5) is 0 Å². The average Bonchev–Trinajstić information content (AvgIpc) is 2.33. The molecule has 2 atom stereocenters. The van der Waals surface area contributed by atoms with Crippen molar-refractivity contribution in [3.8, 4) is 0 Å². The molecule has 0 saturated carbocycles. The van der Waals surface area contributed by atoms with Crippen molar-refractivity contribution in [2.45, 2.75) is 0 Å². The second-order valence-electron chi connectivity index (χ2n) is 2.42. The van der Waals surface area contributed by atoms with Crippen LogP contribution in [0, 0.1) is 11.8 Å². The lowest BCUT2D eigenvalue weighted by Gasteiger charge is -2.09. The van der Waals surface area contributed by atoms with Gasteiger partial charge in [-0.2, -0.15) is 0 Å². The molecule has 3 nitrogen and oxygen atoms in total. The summed E-state index contributed by atoms with van der Waals surface area (Å²) in [7, 11) is 0. The number of hydrogen-bond donors (Lipinski definition) is 2. The Bertz CT molecular complexity index is 74.4. The van der Waals surface area contributed by atoms with E-state index in [0.717, 1.165) is 0 Å². The van der Waals surface area contributed by atoms with E-state index in [4.69, 9.17) is 14.9 Å². The van der Waals surface area contributed by atoms with E-state index in [-0.39, 0.29) is 25.0 Å². The van der Waals surface area contributed by atoms with Gasteiger partial charge in [-0.3, -0.25) is 0 Å². The molecule has 0 aromatic carbocycles. The molecule has 1 saturated heterocycles. The third-order valence-electron chi connectivity index (χ3n) is 1.80. The summed E-state index contributed by atoms with van der Waals surface area (Å²) < 4.78 is 5.03. The molecule has 1 aliphatic rings. The van der Waals surface area contributed by atoms with Gasteiger partial charge in [-0.1, -0.05) is 0 Å². The van der Waals surface area contributed by atoms with Gasteiger partial charge in [0.1, 0.15) is 0 Å². The van der Waals surface area contributed by atoms with Crippen molar-refractivity contribution in [3.63, 3.8) is 0 Å². The molecule has 0 aliphatic carbocycles. The Morgan fingerprint density at radius 1 is 1.11 bits per heavy atom. The lowest BCUT2D eigenvalue weighted by atomic mass is 9.98. The van der Waals surface area contributed by atoms with E-state index in [0.29, 0.717) is 13.2 Å². The van der Waals surface area contributed by atoms with Crippen LogP contribution >= 0.6 is 0 Å². The highest BCUT2D eigenvalue weighted by atomic mass is 16.5. The van der Waals surface area contributed by atoms with Crippen LogP contribution in [0.2, 0.25) is 0 Å². The first-order valence-corrected chi connectivity index (χ1v) is 3.18. The van der Waals surface area contributed by atoms with E-state index in [1.54, 1.807) is 0 Å². The van der Waals surface area contributed by atoms with Gasteiger partial charge in [-0.05, 0) is 0 Å². The number of ether oxygens (including phenoxy) is 1. The molecule has 1 heterocycles. The maximum Gasteiger partial charge on any atom is 0.0520 e. The van der Waals surface area contributed by atoms with Crippen molar-refractivity contribution in [2.24, 2.45) is 11.8 Å². The number of aliphatic hydroxyl groups is 2. The number of aliphatic hydroxyl groups excluding tert-OH is 2. The standard InChI is InChI=1S/C6H12O3/c7-1-5-3-9-4-6(5)2-8/h5-8H,1-4H2. The summed E-state index contributed by atoms with van der Waals surface area (Å²) in [5.41, 5.74) is 0. The van der Waals surface area contributed by atoms with Crippen LogP contribution in [0.1, 0.15) is 0 Å². The molecule has 0 spiro atoms. The van der Waals surface area contributed by atoms with Crippen molar-refractivity contribution in [2.75, 3.05) is 26.4 Å². The second-order valence-corrected chi connectivity index (χ2v) is 2.42. The summed E-state index contributed by atoms with van der Waals surface area (Å²) in [6.45, 7) is 1.46. The molecule has 0 aromatic rings. The van der Waals surface area contributed by atoms with E-state index in [9.17, 15) is 0 Å². The Hall–Kier alpha value is -0.120. The van der Waals surface area contributed by atoms with Gasteiger partial charge in [0.25, 0.3) is 0 Å². The molecule has 0 aromatic heterocycles. The SMILES string of the molecule is OCC1COCC1CO. The second kappa shape index (κ2) is 3.15. The van der Waals surface area contributed by atoms with Crippen molar-refractivity contribution in [1.29, 1.82) is 0 Å². The number of hydrogen-bond acceptors (Lipinski definition) is 3. The van der Waals surface area contributed by atoms with Gasteiger partial charge in [-0.15, -0.1) is 0 Å². The highest BCUT2D eigenvalue weighted by molar-refractivity contribution is 4.73. The zero-order valence-electron chi connectivity index (χ0n) is 5.29. The van der Waals surface area contributed by atoms with Crippen LogP contribution in [0.25, 0.3) is 0 Å². The highest BCUT2D eigenvalue weighted by Gasteiger charge is 2.26. The molecule has 54 valence electrons. The van der Waals surface area contributed by atoms with Crippen LogP contribution in [0.15, 0.2) is 0 Å². The maximum atomic E-state index is 8.68. The minimum atomic E-state index is 0.130. The molecule has 2 N–H and O–H groups in total. The smallest absolute Gasteiger partial charge is 0.0520 e. The normalized spacial score (nSPS) is 35.3. The van der Waals surface area contributed by atoms with Crippen LogP contribution in [-0.4, -0.2) is 36.6 Å². The third kappa shape index (κ3) is 1.41. The summed E-state index contributed by atoms with van der Waals surface area (Å²) in [5, 5.41) is 17.4. The van der Waals surface area contributed by atoms with Crippen LogP contribution in [0.3, 0.4) is 0 Å². The predicted octanol–water partition coefficient (Wildman–Crippen LogP) is -0.766. The van der Waals surface area contributed by atoms with E-state index >= 15 is 0 Å². The summed E-state index contributed by atoms with van der Waals surface area (Å²) >= 11 is 0. The zero-order chi connectivity index (χ0) is 6.69. The Kier molecular flexibility index (Phi) is 2.45. The molecular formula is C6H12O3. The van der Waals surface area contributed by atoms with Crippen LogP contribution in [0.5, 0.6) is 0 Å². The molecule has 1 fully saturated rings. The first kappa shape index (κ1) is 6.99. The summed E-state index contributed by atoms with van der Waals surface area (Å²) in [5.74, 6) is 0.324. The molecule has 9 heavy (non-hydrogen) atoms. The minimum Gasteiger partial charge on any atom is -0.396 e. The molecule has 1 aliphatic heterocycles. The molecule has 1 rings (SSSR count). The zero-order valence-corrected chi connectivity index (χ0v) is 5.29. The maximum absolute atomic E-state index is 8.68. The van der Waals surface area contributed by atoms with Crippen molar-refractivity contribution >= 4 is 0 Å². The molecule has 0 bridgehead atoms. The largest absolute Gasteiger partial charge is 0.396 e. The van der Waals surface area contributed by atoms with Crippen molar-refractivity contribution in [1.82, 2.24) is 0 Å². The van der Waals surface area contributed by atoms with Crippen molar-refractivity contribution < 1.29 is 14.9 Å². The Morgan fingerprint density at radius 2 is 1.56 bits per heavy atom. The first-order valence-electron chi connectivity index (χ1n) is 3.18. The fraction of sp³-hybridized carbons (Fsp3) is 1.00. The van der Waals surface area contributed by atoms with Gasteiger partial charge in [-0.25, -0.2) is 0 Å². The number of rotatable bonds is 2. The van der Waals surface area contributed by atoms with E-state index in [1.165, 1.54) is 0 Å². The predicted molar refractivity (Wildman–Crippen MR) is 32.0 cm³/mol. The monoisotopic (exact) mass is 132 g/mol. The summed E-state index contributed by atoms with van der Waals surface area (Å²) in [6, 6.07) is 0. The Labute approximate surface area is 54.3 Å². The molecule has 3 heteroatoms. The molecular weight excluding hydrogens is 120 g/mol. The Balaban J connectivity index is 2.32. The van der Waals surface area contributed by atoms with Gasteiger partial charge in [0.15, 0.2) is 0 Å².